The summed E-state index contributed by atoms with van der Waals surface area (Å²) in [6.45, 7) is 7.97. The van der Waals surface area contributed by atoms with E-state index >= 15 is 0 Å². The average molecular weight is 185 g/mol. The monoisotopic (exact) mass is 185 g/mol. The Morgan fingerprint density at radius 1 is 1.31 bits per heavy atom. The number of rotatable bonds is 4. The zero-order valence-electron chi connectivity index (χ0n) is 9.07. The molecule has 0 rings (SSSR count). The summed E-state index contributed by atoms with van der Waals surface area (Å²) in [5.74, 6) is 0.292. The van der Waals surface area contributed by atoms with Crippen LogP contribution in [0.15, 0.2) is 4.99 Å². The number of carbonyl (C=O) groups excluding carboxylic acids is 1. The normalized spacial score (nSPS) is 14.1. The van der Waals surface area contributed by atoms with Crippen molar-refractivity contribution >= 4 is 12.2 Å². The maximum Gasteiger partial charge on any atom is 0.330 e. The van der Waals surface area contributed by atoms with Crippen LogP contribution >= 0.6 is 0 Å². The van der Waals surface area contributed by atoms with Crippen molar-refractivity contribution < 1.29 is 9.53 Å². The summed E-state index contributed by atoms with van der Waals surface area (Å²) in [7, 11) is 1.39. The SMILES string of the molecule is COC(=O)[C@@H](N=CC(C)C)C(C)C. The van der Waals surface area contributed by atoms with Crippen molar-refractivity contribution in [3.05, 3.63) is 0 Å². The van der Waals surface area contributed by atoms with Gasteiger partial charge in [-0.2, -0.15) is 0 Å². The first-order valence-corrected chi connectivity index (χ1v) is 4.60. The van der Waals surface area contributed by atoms with Gasteiger partial charge in [0.1, 0.15) is 6.04 Å². The summed E-state index contributed by atoms with van der Waals surface area (Å²) >= 11 is 0. The number of hydrogen-bond acceptors (Lipinski definition) is 3. The van der Waals surface area contributed by atoms with Gasteiger partial charge in [-0.1, -0.05) is 27.7 Å². The molecular formula is C10H19NO2. The molecular weight excluding hydrogens is 166 g/mol. The van der Waals surface area contributed by atoms with Crippen LogP contribution in [0.1, 0.15) is 27.7 Å². The van der Waals surface area contributed by atoms with E-state index in [0.29, 0.717) is 5.92 Å². The second-order valence-corrected chi connectivity index (χ2v) is 3.75. The Labute approximate surface area is 80.2 Å². The third-order valence-corrected chi connectivity index (χ3v) is 1.62. The number of hydrogen-bond donors (Lipinski definition) is 0. The fraction of sp³-hybridized carbons (Fsp3) is 0.800. The fourth-order valence-electron chi connectivity index (χ4n) is 0.891. The summed E-state index contributed by atoms with van der Waals surface area (Å²) in [4.78, 5) is 15.4. The van der Waals surface area contributed by atoms with Crippen molar-refractivity contribution in [2.24, 2.45) is 16.8 Å². The van der Waals surface area contributed by atoms with Gasteiger partial charge >= 0.3 is 5.97 Å². The van der Waals surface area contributed by atoms with Gasteiger partial charge in [0.05, 0.1) is 7.11 Å². The molecule has 0 spiro atoms. The first kappa shape index (κ1) is 12.1. The molecule has 0 unspecified atom stereocenters. The molecule has 0 aromatic rings. The van der Waals surface area contributed by atoms with E-state index in [1.807, 2.05) is 27.7 Å². The van der Waals surface area contributed by atoms with Crippen molar-refractivity contribution in [3.63, 3.8) is 0 Å². The van der Waals surface area contributed by atoms with E-state index < -0.39 is 0 Å². The highest BCUT2D eigenvalue weighted by molar-refractivity contribution is 5.78. The minimum atomic E-state index is -0.354. The minimum Gasteiger partial charge on any atom is -0.467 e. The van der Waals surface area contributed by atoms with Crippen LogP contribution in [0.2, 0.25) is 0 Å². The number of esters is 1. The third-order valence-electron chi connectivity index (χ3n) is 1.62. The van der Waals surface area contributed by atoms with Gasteiger partial charge < -0.3 is 4.74 Å². The van der Waals surface area contributed by atoms with Crippen LogP contribution in [-0.4, -0.2) is 25.3 Å². The number of carbonyl (C=O) groups is 1. The molecule has 0 aliphatic heterocycles. The first-order valence-electron chi connectivity index (χ1n) is 4.60. The summed E-state index contributed by atoms with van der Waals surface area (Å²) in [5.41, 5.74) is 0. The van der Waals surface area contributed by atoms with Crippen molar-refractivity contribution in [2.75, 3.05) is 7.11 Å². The fourth-order valence-corrected chi connectivity index (χ4v) is 0.891. The summed E-state index contributed by atoms with van der Waals surface area (Å²) in [6.07, 6.45) is 1.79. The van der Waals surface area contributed by atoms with Gasteiger partial charge in [0.2, 0.25) is 0 Å². The maximum atomic E-state index is 11.2. The molecule has 0 aliphatic rings. The van der Waals surface area contributed by atoms with E-state index in [1.54, 1.807) is 6.21 Å². The molecule has 0 radical (unpaired) electrons. The standard InChI is InChI=1S/C10H19NO2/c1-7(2)6-11-9(8(3)4)10(12)13-5/h6-9H,1-5H3/t9-/m0/s1. The number of ether oxygens (including phenoxy) is 1. The molecule has 0 amide bonds. The van der Waals surface area contributed by atoms with E-state index in [9.17, 15) is 4.79 Å². The highest BCUT2D eigenvalue weighted by Gasteiger charge is 2.20. The quantitative estimate of drug-likeness (QED) is 0.495. The number of nitrogens with zero attached hydrogens (tertiary/aromatic N) is 1. The Bertz CT molecular complexity index is 185. The molecule has 0 aromatic heterocycles. The Morgan fingerprint density at radius 3 is 2.15 bits per heavy atom. The van der Waals surface area contributed by atoms with E-state index in [2.05, 4.69) is 9.73 Å². The molecule has 76 valence electrons. The second kappa shape index (κ2) is 5.73. The van der Waals surface area contributed by atoms with Crippen LogP contribution in [0.5, 0.6) is 0 Å². The zero-order chi connectivity index (χ0) is 10.4. The first-order chi connectivity index (χ1) is 5.99. The topological polar surface area (TPSA) is 38.7 Å². The van der Waals surface area contributed by atoms with Crippen molar-refractivity contribution in [3.8, 4) is 0 Å². The van der Waals surface area contributed by atoms with E-state index in [4.69, 9.17) is 0 Å². The molecule has 0 fully saturated rings. The molecule has 13 heavy (non-hydrogen) atoms. The molecule has 0 aromatic carbocycles. The Balaban J connectivity index is 4.35. The lowest BCUT2D eigenvalue weighted by molar-refractivity contribution is -0.143. The zero-order valence-corrected chi connectivity index (χ0v) is 9.07. The lowest BCUT2D eigenvalue weighted by Gasteiger charge is -2.13. The van der Waals surface area contributed by atoms with E-state index in [1.165, 1.54) is 7.11 Å². The van der Waals surface area contributed by atoms with E-state index in [0.717, 1.165) is 0 Å². The number of methoxy groups -OCH3 is 1. The third kappa shape index (κ3) is 4.65. The minimum absolute atomic E-state index is 0.183. The van der Waals surface area contributed by atoms with Gasteiger partial charge in [-0.05, 0) is 11.8 Å². The highest BCUT2D eigenvalue weighted by atomic mass is 16.5. The van der Waals surface area contributed by atoms with Crippen molar-refractivity contribution in [1.29, 1.82) is 0 Å². The molecule has 0 bridgehead atoms. The molecule has 0 aliphatic carbocycles. The summed E-state index contributed by atoms with van der Waals surface area (Å²) in [6, 6.07) is -0.354. The molecule has 0 N–H and O–H groups in total. The van der Waals surface area contributed by atoms with Gasteiger partial charge in [0.25, 0.3) is 0 Å². The van der Waals surface area contributed by atoms with Crippen molar-refractivity contribution in [1.82, 2.24) is 0 Å². The molecule has 0 saturated heterocycles. The molecule has 0 heterocycles. The van der Waals surface area contributed by atoms with Gasteiger partial charge in [-0.3, -0.25) is 4.99 Å². The molecule has 3 heteroatoms. The number of aliphatic imine (C=N–C) groups is 1. The van der Waals surface area contributed by atoms with E-state index in [-0.39, 0.29) is 17.9 Å². The van der Waals surface area contributed by atoms with Gasteiger partial charge in [-0.15, -0.1) is 0 Å². The highest BCUT2D eigenvalue weighted by Crippen LogP contribution is 2.08. The molecule has 3 nitrogen and oxygen atoms in total. The van der Waals surface area contributed by atoms with Gasteiger partial charge in [0.15, 0.2) is 0 Å². The predicted molar refractivity (Wildman–Crippen MR) is 54.0 cm³/mol. The second-order valence-electron chi connectivity index (χ2n) is 3.75. The predicted octanol–water partition coefficient (Wildman–Crippen LogP) is 1.91. The van der Waals surface area contributed by atoms with Gasteiger partial charge in [0, 0.05) is 6.21 Å². The smallest absolute Gasteiger partial charge is 0.330 e. The van der Waals surface area contributed by atoms with Crippen LogP contribution in [0, 0.1) is 11.8 Å². The Hall–Kier alpha value is -0.860. The van der Waals surface area contributed by atoms with Crippen LogP contribution in [0.3, 0.4) is 0 Å². The summed E-state index contributed by atoms with van der Waals surface area (Å²) in [5, 5.41) is 0. The maximum absolute atomic E-state index is 11.2. The molecule has 0 saturated carbocycles. The van der Waals surface area contributed by atoms with Crippen LogP contribution < -0.4 is 0 Å². The lowest BCUT2D eigenvalue weighted by Crippen LogP contribution is -2.26. The Kier molecular flexibility index (Phi) is 5.35. The molecule has 1 atom stereocenters. The largest absolute Gasteiger partial charge is 0.467 e. The Morgan fingerprint density at radius 2 is 1.85 bits per heavy atom. The van der Waals surface area contributed by atoms with Gasteiger partial charge in [-0.25, -0.2) is 4.79 Å². The lowest BCUT2D eigenvalue weighted by atomic mass is 10.1. The van der Waals surface area contributed by atoms with Crippen molar-refractivity contribution in [2.45, 2.75) is 33.7 Å². The van der Waals surface area contributed by atoms with Crippen LogP contribution in [0.25, 0.3) is 0 Å². The van der Waals surface area contributed by atoms with Crippen LogP contribution in [0.4, 0.5) is 0 Å². The van der Waals surface area contributed by atoms with Crippen LogP contribution in [-0.2, 0) is 9.53 Å². The summed E-state index contributed by atoms with van der Waals surface area (Å²) < 4.78 is 4.65. The average Bonchev–Trinajstić information content (AvgIpc) is 2.03.